The highest BCUT2D eigenvalue weighted by atomic mass is 127. The number of cyclic esters (lactones) is 1. The number of ether oxygens (including phenoxy) is 3. The minimum atomic E-state index is -0.225. The van der Waals surface area contributed by atoms with Crippen molar-refractivity contribution in [3.63, 3.8) is 0 Å². The van der Waals surface area contributed by atoms with E-state index < -0.39 is 0 Å². The van der Waals surface area contributed by atoms with Crippen LogP contribution in [0.25, 0.3) is 0 Å². The summed E-state index contributed by atoms with van der Waals surface area (Å²) in [4.78, 5) is 23.8. The molecule has 1 saturated heterocycles. The third-order valence-electron chi connectivity index (χ3n) is 5.01. The summed E-state index contributed by atoms with van der Waals surface area (Å²) < 4.78 is 16.3. The Kier molecular flexibility index (Phi) is 3.96. The summed E-state index contributed by atoms with van der Waals surface area (Å²) >= 11 is 2.11. The lowest BCUT2D eigenvalue weighted by Gasteiger charge is -2.34. The van der Waals surface area contributed by atoms with Crippen molar-refractivity contribution >= 4 is 34.5 Å². The molecule has 2 saturated carbocycles. The van der Waals surface area contributed by atoms with E-state index in [9.17, 15) is 9.59 Å². The first-order valence-electron chi connectivity index (χ1n) is 7.12. The van der Waals surface area contributed by atoms with Gasteiger partial charge in [0, 0.05) is 24.9 Å². The van der Waals surface area contributed by atoms with Crippen LogP contribution in [0.5, 0.6) is 0 Å². The number of hydrogen-bond donors (Lipinski definition) is 0. The van der Waals surface area contributed by atoms with Crippen molar-refractivity contribution in [3.8, 4) is 0 Å². The number of carbonyl (C=O) groups excluding carboxylic acids is 2. The Hall–Kier alpha value is -0.370. The van der Waals surface area contributed by atoms with Crippen LogP contribution in [0.2, 0.25) is 0 Å². The van der Waals surface area contributed by atoms with E-state index in [-0.39, 0.29) is 51.7 Å². The molecule has 7 unspecified atom stereocenters. The molecule has 0 spiro atoms. The second-order valence-electron chi connectivity index (χ2n) is 5.86. The summed E-state index contributed by atoms with van der Waals surface area (Å²) in [7, 11) is 1.63. The number of methoxy groups -OCH3 is 1. The summed E-state index contributed by atoms with van der Waals surface area (Å²) in [6, 6.07) is 0. The fraction of sp³-hybridized carbons (Fsp3) is 0.857. The lowest BCUT2D eigenvalue weighted by Crippen LogP contribution is -2.46. The molecule has 3 fully saturated rings. The maximum Gasteiger partial charge on any atom is 0.319 e. The number of alkyl halides is 1. The van der Waals surface area contributed by atoms with Gasteiger partial charge in [-0.2, -0.15) is 0 Å². The zero-order valence-corrected chi connectivity index (χ0v) is 13.7. The molecule has 5 nitrogen and oxygen atoms in total. The molecule has 7 atom stereocenters. The van der Waals surface area contributed by atoms with E-state index in [2.05, 4.69) is 22.6 Å². The van der Waals surface area contributed by atoms with Crippen LogP contribution in [0.4, 0.5) is 0 Å². The topological polar surface area (TPSA) is 61.8 Å². The van der Waals surface area contributed by atoms with Crippen molar-refractivity contribution in [1.82, 2.24) is 0 Å². The van der Waals surface area contributed by atoms with Gasteiger partial charge in [-0.25, -0.2) is 0 Å². The molecule has 0 aromatic heterocycles. The van der Waals surface area contributed by atoms with E-state index in [1.807, 2.05) is 6.92 Å². The maximum atomic E-state index is 12.0. The zero-order chi connectivity index (χ0) is 14.4. The highest BCUT2D eigenvalue weighted by molar-refractivity contribution is 14.1. The summed E-state index contributed by atoms with van der Waals surface area (Å²) in [5.41, 5.74) is 0. The van der Waals surface area contributed by atoms with Crippen LogP contribution in [0.1, 0.15) is 19.8 Å². The number of esters is 2. The molecule has 112 valence electrons. The fourth-order valence-corrected chi connectivity index (χ4v) is 4.26. The molecule has 0 N–H and O–H groups in total. The van der Waals surface area contributed by atoms with Gasteiger partial charge >= 0.3 is 11.9 Å². The molecule has 3 rings (SSSR count). The lowest BCUT2D eigenvalue weighted by atomic mass is 9.78. The van der Waals surface area contributed by atoms with E-state index in [1.165, 1.54) is 0 Å². The van der Waals surface area contributed by atoms with Crippen molar-refractivity contribution in [2.24, 2.45) is 23.7 Å². The van der Waals surface area contributed by atoms with Gasteiger partial charge in [0.05, 0.1) is 18.6 Å². The monoisotopic (exact) mass is 394 g/mol. The summed E-state index contributed by atoms with van der Waals surface area (Å²) in [5, 5.41) is 0. The van der Waals surface area contributed by atoms with Gasteiger partial charge in [-0.1, -0.05) is 29.5 Å². The maximum absolute atomic E-state index is 12.0. The van der Waals surface area contributed by atoms with Crippen molar-refractivity contribution in [1.29, 1.82) is 0 Å². The standard InChI is InChI=1S/C14H19IO5/c1-3-9(15)13(16)20-12-6-4-7(11(12)18-2)10-8(6)5-19-14(10)17/h6-12H,3-5H2,1-2H3. The minimum absolute atomic E-state index is 0.0542. The van der Waals surface area contributed by atoms with Crippen LogP contribution in [-0.2, 0) is 23.8 Å². The molecule has 1 aliphatic heterocycles. The Morgan fingerprint density at radius 1 is 1.40 bits per heavy atom. The number of hydrogen-bond acceptors (Lipinski definition) is 5. The van der Waals surface area contributed by atoms with Crippen LogP contribution in [-0.4, -0.2) is 41.8 Å². The van der Waals surface area contributed by atoms with Gasteiger partial charge in [0.15, 0.2) is 0 Å². The summed E-state index contributed by atoms with van der Waals surface area (Å²) in [6.07, 6.45) is 1.26. The number of fused-ring (bicyclic) bond motifs is 5. The van der Waals surface area contributed by atoms with Gasteiger partial charge in [-0.05, 0) is 12.8 Å². The molecular weight excluding hydrogens is 375 g/mol. The normalized spacial score (nSPS) is 43.2. The minimum Gasteiger partial charge on any atom is -0.465 e. The van der Waals surface area contributed by atoms with Crippen LogP contribution in [0.15, 0.2) is 0 Å². The molecule has 6 heteroatoms. The predicted octanol–water partition coefficient (Wildman–Crippen LogP) is 1.57. The third-order valence-corrected chi connectivity index (χ3v) is 6.40. The van der Waals surface area contributed by atoms with Crippen molar-refractivity contribution in [2.75, 3.05) is 13.7 Å². The van der Waals surface area contributed by atoms with E-state index in [1.54, 1.807) is 7.11 Å². The molecule has 0 aromatic rings. The highest BCUT2D eigenvalue weighted by Crippen LogP contribution is 2.56. The Morgan fingerprint density at radius 2 is 2.15 bits per heavy atom. The first kappa shape index (κ1) is 14.6. The lowest BCUT2D eigenvalue weighted by molar-refractivity contribution is -0.163. The average molecular weight is 394 g/mol. The van der Waals surface area contributed by atoms with Crippen LogP contribution in [0, 0.1) is 23.7 Å². The van der Waals surface area contributed by atoms with E-state index in [0.29, 0.717) is 6.61 Å². The van der Waals surface area contributed by atoms with Gasteiger partial charge in [0.25, 0.3) is 0 Å². The van der Waals surface area contributed by atoms with Gasteiger partial charge in [-0.15, -0.1) is 0 Å². The largest absolute Gasteiger partial charge is 0.465 e. The van der Waals surface area contributed by atoms with E-state index >= 15 is 0 Å². The summed E-state index contributed by atoms with van der Waals surface area (Å²) in [5.74, 6) is 0.208. The van der Waals surface area contributed by atoms with Crippen LogP contribution in [0.3, 0.4) is 0 Å². The Balaban J connectivity index is 1.76. The molecule has 2 bridgehead atoms. The number of carbonyl (C=O) groups is 2. The summed E-state index contributed by atoms with van der Waals surface area (Å²) in [6.45, 7) is 2.43. The van der Waals surface area contributed by atoms with Gasteiger partial charge in [0.2, 0.25) is 0 Å². The first-order valence-corrected chi connectivity index (χ1v) is 8.37. The van der Waals surface area contributed by atoms with Crippen molar-refractivity contribution in [3.05, 3.63) is 0 Å². The Labute approximate surface area is 131 Å². The molecule has 2 aliphatic carbocycles. The molecule has 0 radical (unpaired) electrons. The average Bonchev–Trinajstić information content (AvgIpc) is 3.09. The van der Waals surface area contributed by atoms with Crippen molar-refractivity contribution < 1.29 is 23.8 Å². The van der Waals surface area contributed by atoms with Crippen LogP contribution >= 0.6 is 22.6 Å². The predicted molar refractivity (Wildman–Crippen MR) is 78.3 cm³/mol. The Bertz CT molecular complexity index is 426. The highest BCUT2D eigenvalue weighted by Gasteiger charge is 2.65. The van der Waals surface area contributed by atoms with Crippen LogP contribution < -0.4 is 0 Å². The second-order valence-corrected chi connectivity index (χ2v) is 7.36. The first-order chi connectivity index (χ1) is 9.58. The fourth-order valence-electron chi connectivity index (χ4n) is 4.11. The molecule has 0 aromatic carbocycles. The molecule has 0 amide bonds. The second kappa shape index (κ2) is 5.44. The van der Waals surface area contributed by atoms with Crippen molar-refractivity contribution in [2.45, 2.75) is 35.9 Å². The van der Waals surface area contributed by atoms with E-state index in [4.69, 9.17) is 14.2 Å². The van der Waals surface area contributed by atoms with Gasteiger partial charge < -0.3 is 14.2 Å². The number of halogens is 1. The van der Waals surface area contributed by atoms with Gasteiger partial charge in [-0.3, -0.25) is 9.59 Å². The zero-order valence-electron chi connectivity index (χ0n) is 11.6. The smallest absolute Gasteiger partial charge is 0.319 e. The molecule has 1 heterocycles. The Morgan fingerprint density at radius 3 is 2.80 bits per heavy atom. The SMILES string of the molecule is CCC(I)C(=O)OC1C2CC(C1OC)C1C(=O)OCC21. The number of rotatable bonds is 4. The molecular formula is C14H19IO5. The molecule has 3 aliphatic rings. The van der Waals surface area contributed by atoms with Gasteiger partial charge in [0.1, 0.15) is 10.0 Å². The third kappa shape index (κ3) is 2.06. The quantitative estimate of drug-likeness (QED) is 0.412. The molecule has 20 heavy (non-hydrogen) atoms. The van der Waals surface area contributed by atoms with E-state index in [0.717, 1.165) is 12.8 Å².